The van der Waals surface area contributed by atoms with Gasteiger partial charge in [-0.25, -0.2) is 4.98 Å². The summed E-state index contributed by atoms with van der Waals surface area (Å²) in [7, 11) is 0. The first-order valence-corrected chi connectivity index (χ1v) is 9.07. The first kappa shape index (κ1) is 16.0. The molecule has 23 heavy (non-hydrogen) atoms. The van der Waals surface area contributed by atoms with Crippen LogP contribution in [-0.2, 0) is 4.79 Å². The second-order valence-corrected chi connectivity index (χ2v) is 7.54. The molecule has 0 atom stereocenters. The molecule has 3 rings (SSSR count). The number of aryl methyl sites for hydroxylation is 1. The van der Waals surface area contributed by atoms with Crippen LogP contribution in [0, 0.1) is 6.92 Å². The minimum atomic E-state index is -0.122. The minimum Gasteiger partial charge on any atom is -0.301 e. The standard InChI is InChI=1S/C17H16N2O2S2/c1-10(20)8-9-22-17-18-15(21)14-13(11(2)23-16(14)19-17)12-6-4-3-5-7-12/h3-7H,8-9H2,1-2H3,(H,18,19,21). The van der Waals surface area contributed by atoms with Gasteiger partial charge in [0.15, 0.2) is 5.16 Å². The Bertz CT molecular complexity index is 913. The maximum absolute atomic E-state index is 12.5. The maximum atomic E-state index is 12.5. The lowest BCUT2D eigenvalue weighted by Crippen LogP contribution is -2.09. The van der Waals surface area contributed by atoms with Crippen molar-refractivity contribution in [1.29, 1.82) is 0 Å². The van der Waals surface area contributed by atoms with Gasteiger partial charge in [-0.2, -0.15) is 0 Å². The average molecular weight is 344 g/mol. The van der Waals surface area contributed by atoms with Gasteiger partial charge in [-0.15, -0.1) is 11.3 Å². The van der Waals surface area contributed by atoms with Crippen molar-refractivity contribution < 1.29 is 4.79 Å². The fourth-order valence-corrected chi connectivity index (χ4v) is 4.42. The Hall–Kier alpha value is -1.92. The molecule has 0 spiro atoms. The molecule has 0 bridgehead atoms. The number of thioether (sulfide) groups is 1. The number of nitrogens with one attached hydrogen (secondary N) is 1. The molecule has 0 fully saturated rings. The number of H-pyrrole nitrogens is 1. The summed E-state index contributed by atoms with van der Waals surface area (Å²) in [5.74, 6) is 0.763. The van der Waals surface area contributed by atoms with Gasteiger partial charge >= 0.3 is 0 Å². The molecule has 118 valence electrons. The van der Waals surface area contributed by atoms with Crippen molar-refractivity contribution in [1.82, 2.24) is 9.97 Å². The highest BCUT2D eigenvalue weighted by molar-refractivity contribution is 7.99. The van der Waals surface area contributed by atoms with Crippen LogP contribution in [0.2, 0.25) is 0 Å². The van der Waals surface area contributed by atoms with Crippen LogP contribution < -0.4 is 5.56 Å². The van der Waals surface area contributed by atoms with Crippen molar-refractivity contribution in [2.75, 3.05) is 5.75 Å². The predicted octanol–water partition coefficient (Wildman–Crippen LogP) is 4.03. The molecule has 0 saturated heterocycles. The fourth-order valence-electron chi connectivity index (χ4n) is 2.41. The summed E-state index contributed by atoms with van der Waals surface area (Å²) in [4.78, 5) is 32.8. The van der Waals surface area contributed by atoms with E-state index in [1.807, 2.05) is 37.3 Å². The Morgan fingerprint density at radius 2 is 2.04 bits per heavy atom. The molecule has 1 N–H and O–H groups in total. The van der Waals surface area contributed by atoms with E-state index in [4.69, 9.17) is 0 Å². The maximum Gasteiger partial charge on any atom is 0.260 e. The van der Waals surface area contributed by atoms with Gasteiger partial charge in [0.1, 0.15) is 10.6 Å². The van der Waals surface area contributed by atoms with Gasteiger partial charge in [-0.1, -0.05) is 42.1 Å². The molecule has 0 unspecified atom stereocenters. The first-order valence-electron chi connectivity index (χ1n) is 7.27. The predicted molar refractivity (Wildman–Crippen MR) is 96.4 cm³/mol. The molecular weight excluding hydrogens is 328 g/mol. The van der Waals surface area contributed by atoms with E-state index < -0.39 is 0 Å². The zero-order chi connectivity index (χ0) is 16.4. The Morgan fingerprint density at radius 1 is 1.30 bits per heavy atom. The Morgan fingerprint density at radius 3 is 2.74 bits per heavy atom. The van der Waals surface area contributed by atoms with E-state index in [9.17, 15) is 9.59 Å². The molecule has 0 aliphatic carbocycles. The van der Waals surface area contributed by atoms with E-state index in [-0.39, 0.29) is 11.3 Å². The number of hydrogen-bond acceptors (Lipinski definition) is 5. The topological polar surface area (TPSA) is 62.8 Å². The minimum absolute atomic E-state index is 0.122. The van der Waals surface area contributed by atoms with E-state index >= 15 is 0 Å². The van der Waals surface area contributed by atoms with Gasteiger partial charge in [-0.05, 0) is 19.4 Å². The second kappa shape index (κ2) is 6.68. The van der Waals surface area contributed by atoms with Crippen molar-refractivity contribution in [3.63, 3.8) is 0 Å². The molecule has 6 heteroatoms. The third-order valence-electron chi connectivity index (χ3n) is 3.47. The van der Waals surface area contributed by atoms with E-state index in [2.05, 4.69) is 9.97 Å². The number of carbonyl (C=O) groups is 1. The van der Waals surface area contributed by atoms with Gasteiger partial charge in [0.2, 0.25) is 0 Å². The number of hydrogen-bond donors (Lipinski definition) is 1. The van der Waals surface area contributed by atoms with Crippen molar-refractivity contribution in [2.24, 2.45) is 0 Å². The average Bonchev–Trinajstić information content (AvgIpc) is 2.84. The van der Waals surface area contributed by atoms with Crippen LogP contribution in [0.1, 0.15) is 18.2 Å². The highest BCUT2D eigenvalue weighted by atomic mass is 32.2. The van der Waals surface area contributed by atoms with Crippen LogP contribution in [0.3, 0.4) is 0 Å². The van der Waals surface area contributed by atoms with Gasteiger partial charge in [0, 0.05) is 22.6 Å². The molecule has 0 saturated carbocycles. The zero-order valence-corrected chi connectivity index (χ0v) is 14.5. The summed E-state index contributed by atoms with van der Waals surface area (Å²) in [6, 6.07) is 9.89. The van der Waals surface area contributed by atoms with Crippen molar-refractivity contribution >= 4 is 39.1 Å². The van der Waals surface area contributed by atoms with Crippen LogP contribution in [0.25, 0.3) is 21.3 Å². The molecule has 0 radical (unpaired) electrons. The summed E-state index contributed by atoms with van der Waals surface area (Å²) in [6.45, 7) is 3.57. The van der Waals surface area contributed by atoms with E-state index in [1.165, 1.54) is 23.1 Å². The summed E-state index contributed by atoms with van der Waals surface area (Å²) in [5, 5.41) is 1.22. The smallest absolute Gasteiger partial charge is 0.260 e. The largest absolute Gasteiger partial charge is 0.301 e. The van der Waals surface area contributed by atoms with Crippen LogP contribution in [0.5, 0.6) is 0 Å². The number of Topliss-reactive ketones (excluding diaryl/α,β-unsaturated/α-hetero) is 1. The molecule has 4 nitrogen and oxygen atoms in total. The molecule has 0 amide bonds. The highest BCUT2D eigenvalue weighted by Gasteiger charge is 2.16. The van der Waals surface area contributed by atoms with E-state index in [0.717, 1.165) is 20.8 Å². The molecule has 2 aromatic heterocycles. The Kier molecular flexibility index (Phi) is 4.63. The second-order valence-electron chi connectivity index (χ2n) is 5.25. The van der Waals surface area contributed by atoms with Crippen LogP contribution in [0.4, 0.5) is 0 Å². The van der Waals surface area contributed by atoms with Crippen LogP contribution in [-0.4, -0.2) is 21.5 Å². The van der Waals surface area contributed by atoms with Crippen LogP contribution in [0.15, 0.2) is 40.3 Å². The number of carbonyl (C=O) groups excluding carboxylic acids is 1. The number of thiophene rings is 1. The molecule has 2 heterocycles. The molecule has 0 aliphatic heterocycles. The van der Waals surface area contributed by atoms with E-state index in [0.29, 0.717) is 22.7 Å². The van der Waals surface area contributed by atoms with Crippen molar-refractivity contribution in [2.45, 2.75) is 25.4 Å². The van der Waals surface area contributed by atoms with Crippen LogP contribution >= 0.6 is 23.1 Å². The fraction of sp³-hybridized carbons (Fsp3) is 0.235. The number of rotatable bonds is 5. The first-order chi connectivity index (χ1) is 11.1. The van der Waals surface area contributed by atoms with Gasteiger partial charge in [0.25, 0.3) is 5.56 Å². The highest BCUT2D eigenvalue weighted by Crippen LogP contribution is 2.35. The quantitative estimate of drug-likeness (QED) is 0.561. The molecule has 3 aromatic rings. The summed E-state index contributed by atoms with van der Waals surface area (Å²) in [5.41, 5.74) is 1.86. The lowest BCUT2D eigenvalue weighted by Gasteiger charge is -2.02. The van der Waals surface area contributed by atoms with Crippen molar-refractivity contribution in [3.05, 3.63) is 45.6 Å². The van der Waals surface area contributed by atoms with E-state index in [1.54, 1.807) is 6.92 Å². The zero-order valence-electron chi connectivity index (χ0n) is 12.9. The lowest BCUT2D eigenvalue weighted by molar-refractivity contribution is -0.116. The lowest BCUT2D eigenvalue weighted by atomic mass is 10.0. The monoisotopic (exact) mass is 344 g/mol. The summed E-state index contributed by atoms with van der Waals surface area (Å²) in [6.07, 6.45) is 0.477. The van der Waals surface area contributed by atoms with Gasteiger partial charge in [0.05, 0.1) is 5.39 Å². The number of fused-ring (bicyclic) bond motifs is 1. The molecular formula is C17H16N2O2S2. The summed E-state index contributed by atoms with van der Waals surface area (Å²) >= 11 is 2.94. The van der Waals surface area contributed by atoms with Gasteiger partial charge < -0.3 is 4.98 Å². The Labute approximate surface area is 142 Å². The molecule has 0 aliphatic rings. The molecule has 1 aromatic carbocycles. The number of aromatic amines is 1. The third kappa shape index (κ3) is 3.38. The number of aromatic nitrogens is 2. The number of benzene rings is 1. The third-order valence-corrected chi connectivity index (χ3v) is 5.35. The van der Waals surface area contributed by atoms with Gasteiger partial charge in [-0.3, -0.25) is 9.59 Å². The Balaban J connectivity index is 2.04. The van der Waals surface area contributed by atoms with Crippen molar-refractivity contribution in [3.8, 4) is 11.1 Å². The normalized spacial score (nSPS) is 11.0. The summed E-state index contributed by atoms with van der Waals surface area (Å²) < 4.78 is 0. The number of nitrogens with zero attached hydrogens (tertiary/aromatic N) is 1. The number of ketones is 1. The SMILES string of the molecule is CC(=O)CCSc1nc2sc(C)c(-c3ccccc3)c2c(=O)[nH]1.